The molecule has 0 spiro atoms. The van der Waals surface area contributed by atoms with Crippen LogP contribution in [0.25, 0.3) is 0 Å². The minimum Gasteiger partial charge on any atom is -0.388 e. The number of anilines is 1. The molecule has 11 heavy (non-hydrogen) atoms. The van der Waals surface area contributed by atoms with E-state index in [1.165, 1.54) is 7.05 Å². The second-order valence-electron chi connectivity index (χ2n) is 2.30. The fraction of sp³-hybridized carbons (Fsp3) is 0.250. The summed E-state index contributed by atoms with van der Waals surface area (Å²) in [6.07, 6.45) is 0. The molecule has 0 fully saturated rings. The highest BCUT2D eigenvalue weighted by molar-refractivity contribution is 5.50. The van der Waals surface area contributed by atoms with Gasteiger partial charge in [-0.15, -0.1) is 0 Å². The third kappa shape index (κ3) is 1.77. The van der Waals surface area contributed by atoms with Crippen LogP contribution in [0.4, 0.5) is 11.4 Å². The normalized spacial score (nSPS) is 9.27. The van der Waals surface area contributed by atoms with Crippen molar-refractivity contribution in [3.05, 3.63) is 29.2 Å². The monoisotopic (exact) mass is 151 g/mol. The Morgan fingerprint density at radius 3 is 2.73 bits per heavy atom. The van der Waals surface area contributed by atoms with Gasteiger partial charge in [-0.05, 0) is 6.07 Å². The van der Waals surface area contributed by atoms with E-state index in [0.717, 1.165) is 10.4 Å². The third-order valence-electron chi connectivity index (χ3n) is 1.50. The molecule has 0 aliphatic rings. The predicted octanol–water partition coefficient (Wildman–Crippen LogP) is 1.77. The summed E-state index contributed by atoms with van der Waals surface area (Å²) in [5.74, 6) is 0. The Morgan fingerprint density at radius 2 is 2.18 bits per heavy atom. The molecule has 1 aromatic carbocycles. The van der Waals surface area contributed by atoms with Gasteiger partial charge < -0.3 is 5.32 Å². The summed E-state index contributed by atoms with van der Waals surface area (Å²) in [7, 11) is 3.30. The Labute approximate surface area is 65.6 Å². The minimum absolute atomic E-state index is 0.664. The third-order valence-corrected chi connectivity index (χ3v) is 1.50. The van der Waals surface area contributed by atoms with Crippen molar-refractivity contribution in [3.8, 4) is 0 Å². The molecule has 0 heterocycles. The largest absolute Gasteiger partial charge is 0.388 e. The zero-order chi connectivity index (χ0) is 8.27. The van der Waals surface area contributed by atoms with Crippen LogP contribution in [-0.4, -0.2) is 18.9 Å². The first-order valence-electron chi connectivity index (χ1n) is 3.42. The fourth-order valence-corrected chi connectivity index (χ4v) is 0.857. The highest BCUT2D eigenvalue weighted by Crippen LogP contribution is 2.15. The first-order valence-corrected chi connectivity index (χ1v) is 3.42. The number of nitroso groups, excluding NO2 is 1. The molecule has 1 N–H and O–H groups in total. The maximum atomic E-state index is 10.8. The lowest BCUT2D eigenvalue weighted by atomic mass is 10.3. The Bertz CT molecular complexity index is 271. The van der Waals surface area contributed by atoms with Crippen molar-refractivity contribution in [3.63, 3.8) is 0 Å². The predicted molar refractivity (Wildman–Crippen MR) is 45.2 cm³/mol. The van der Waals surface area contributed by atoms with E-state index in [2.05, 4.69) is 5.32 Å². The van der Waals surface area contributed by atoms with Crippen LogP contribution in [0.15, 0.2) is 24.3 Å². The average Bonchev–Trinajstić information content (AvgIpc) is 2.05. The van der Waals surface area contributed by atoms with Crippen molar-refractivity contribution in [1.82, 2.24) is 0 Å². The van der Waals surface area contributed by atoms with Gasteiger partial charge in [0.05, 0.1) is 0 Å². The first-order chi connectivity index (χ1) is 5.24. The first kappa shape index (κ1) is 7.72. The number of hydrogen-bond donors (Lipinski definition) is 1. The number of benzene rings is 1. The van der Waals surface area contributed by atoms with E-state index in [1.54, 1.807) is 12.1 Å². The highest BCUT2D eigenvalue weighted by Gasteiger charge is 2.04. The summed E-state index contributed by atoms with van der Waals surface area (Å²) < 4.78 is 0.834. The fourth-order valence-electron chi connectivity index (χ4n) is 0.857. The van der Waals surface area contributed by atoms with Gasteiger partial charge >= 0.3 is 0 Å². The zero-order valence-electron chi connectivity index (χ0n) is 6.66. The number of nitrogens with zero attached hydrogens (tertiary/aromatic N) is 1. The van der Waals surface area contributed by atoms with Gasteiger partial charge in [0.2, 0.25) is 0 Å². The van der Waals surface area contributed by atoms with Crippen LogP contribution in [0.2, 0.25) is 0 Å². The van der Waals surface area contributed by atoms with Gasteiger partial charge in [0, 0.05) is 34.5 Å². The number of hydrogen-bond acceptors (Lipinski definition) is 2. The molecule has 0 bridgehead atoms. The lowest BCUT2D eigenvalue weighted by Gasteiger charge is -1.96. The smallest absolute Gasteiger partial charge is 0.257 e. The molecule has 0 saturated heterocycles. The van der Waals surface area contributed by atoms with Gasteiger partial charge in [0.15, 0.2) is 7.05 Å². The van der Waals surface area contributed by atoms with Crippen molar-refractivity contribution in [2.24, 2.45) is 0 Å². The molecule has 1 rings (SSSR count). The molecular formula is C8H11N2O+. The molecule has 0 radical (unpaired) electrons. The van der Waals surface area contributed by atoms with Crippen LogP contribution in [0.5, 0.6) is 0 Å². The second-order valence-corrected chi connectivity index (χ2v) is 2.30. The topological polar surface area (TPSA) is 32.1 Å². The van der Waals surface area contributed by atoms with Crippen molar-refractivity contribution in [2.45, 2.75) is 0 Å². The maximum absolute atomic E-state index is 10.8. The summed E-state index contributed by atoms with van der Waals surface area (Å²) in [5.41, 5.74) is 1.61. The summed E-state index contributed by atoms with van der Waals surface area (Å²) in [6, 6.07) is 7.32. The van der Waals surface area contributed by atoms with Gasteiger partial charge in [-0.25, -0.2) is 0 Å². The minimum atomic E-state index is 0.664. The molecule has 1 aromatic rings. The van der Waals surface area contributed by atoms with E-state index >= 15 is 0 Å². The van der Waals surface area contributed by atoms with Crippen molar-refractivity contribution in [1.29, 1.82) is 0 Å². The Hall–Kier alpha value is -1.38. The average molecular weight is 151 g/mol. The molecule has 0 aliphatic heterocycles. The Morgan fingerprint density at radius 1 is 1.45 bits per heavy atom. The molecule has 3 heteroatoms. The van der Waals surface area contributed by atoms with Gasteiger partial charge in [0.1, 0.15) is 0 Å². The highest BCUT2D eigenvalue weighted by atomic mass is 16.3. The maximum Gasteiger partial charge on any atom is 0.257 e. The molecule has 0 unspecified atom stereocenters. The molecule has 3 nitrogen and oxygen atoms in total. The van der Waals surface area contributed by atoms with E-state index < -0.39 is 0 Å². The van der Waals surface area contributed by atoms with Gasteiger partial charge in [-0.3, -0.25) is 0 Å². The second kappa shape index (κ2) is 3.14. The van der Waals surface area contributed by atoms with E-state index in [-0.39, 0.29) is 0 Å². The zero-order valence-corrected chi connectivity index (χ0v) is 6.66. The van der Waals surface area contributed by atoms with E-state index in [9.17, 15) is 4.91 Å². The molecule has 0 amide bonds. The van der Waals surface area contributed by atoms with E-state index in [1.807, 2.05) is 19.2 Å². The van der Waals surface area contributed by atoms with Crippen LogP contribution in [0.1, 0.15) is 0 Å². The summed E-state index contributed by atoms with van der Waals surface area (Å²) in [6.45, 7) is 0. The van der Waals surface area contributed by atoms with Crippen LogP contribution in [0.3, 0.4) is 0 Å². The summed E-state index contributed by atoms with van der Waals surface area (Å²) in [5, 5.41) is 2.96. The molecule has 0 aliphatic carbocycles. The summed E-state index contributed by atoms with van der Waals surface area (Å²) in [4.78, 5) is 10.8. The number of rotatable bonds is 2. The SMILES string of the molecule is CNc1cccc([N+](C)=O)c1. The van der Waals surface area contributed by atoms with Gasteiger partial charge in [-0.1, -0.05) is 6.07 Å². The van der Waals surface area contributed by atoms with Crippen LogP contribution < -0.4 is 5.32 Å². The van der Waals surface area contributed by atoms with Crippen molar-refractivity contribution >= 4 is 11.4 Å². The lowest BCUT2D eigenvalue weighted by Crippen LogP contribution is -1.92. The molecular weight excluding hydrogens is 140 g/mol. The summed E-state index contributed by atoms with van der Waals surface area (Å²) >= 11 is 0. The van der Waals surface area contributed by atoms with Gasteiger partial charge in [0.25, 0.3) is 5.69 Å². The van der Waals surface area contributed by atoms with Crippen molar-refractivity contribution in [2.75, 3.05) is 19.4 Å². The van der Waals surface area contributed by atoms with Crippen molar-refractivity contribution < 1.29 is 4.76 Å². The Balaban J connectivity index is 3.01. The van der Waals surface area contributed by atoms with Crippen LogP contribution >= 0.6 is 0 Å². The van der Waals surface area contributed by atoms with E-state index in [4.69, 9.17) is 0 Å². The molecule has 0 aromatic heterocycles. The molecule has 58 valence electrons. The van der Waals surface area contributed by atoms with E-state index in [0.29, 0.717) is 5.69 Å². The molecule has 0 atom stereocenters. The van der Waals surface area contributed by atoms with Crippen LogP contribution in [0, 0.1) is 4.91 Å². The number of nitrogens with one attached hydrogen (secondary N) is 1. The lowest BCUT2D eigenvalue weighted by molar-refractivity contribution is -0.428. The Kier molecular flexibility index (Phi) is 2.21. The molecule has 0 saturated carbocycles. The van der Waals surface area contributed by atoms with Gasteiger partial charge in [-0.2, -0.15) is 0 Å². The quantitative estimate of drug-likeness (QED) is 0.653. The standard InChI is InChI=1S/C8H11N2O/c1-9-7-4-3-5-8(6-7)10(2)11/h3-6,9H,1-2H3/q+1. The van der Waals surface area contributed by atoms with Crippen LogP contribution in [-0.2, 0) is 0 Å².